The van der Waals surface area contributed by atoms with Crippen LogP contribution < -0.4 is 10.6 Å². The number of thiophene rings is 1. The Balaban J connectivity index is 1.23. The van der Waals surface area contributed by atoms with E-state index in [0.717, 1.165) is 45.7 Å². The molecular weight excluding hydrogens is 613 g/mol. The Labute approximate surface area is 277 Å². The Bertz CT molecular complexity index is 1820. The van der Waals surface area contributed by atoms with E-state index in [4.69, 9.17) is 4.74 Å². The van der Waals surface area contributed by atoms with Gasteiger partial charge in [0.1, 0.15) is 10.3 Å². The number of hydrogen-bond donors (Lipinski definition) is 2. The molecule has 0 spiro atoms. The number of benzene rings is 4. The van der Waals surface area contributed by atoms with Crippen LogP contribution in [-0.2, 0) is 33.6 Å². The molecule has 6 nitrogen and oxygen atoms in total. The Kier molecular flexibility index (Phi) is 9.96. The molecule has 2 amide bonds. The van der Waals surface area contributed by atoms with Crippen LogP contribution in [0.15, 0.2) is 120 Å². The summed E-state index contributed by atoms with van der Waals surface area (Å²) >= 11 is 2.86. The topological polar surface area (TPSA) is 84.5 Å². The van der Waals surface area contributed by atoms with E-state index >= 15 is 0 Å². The molecule has 0 aliphatic heterocycles. The second-order valence-electron chi connectivity index (χ2n) is 11.2. The average molecular weight is 647 g/mol. The van der Waals surface area contributed by atoms with E-state index in [1.807, 2.05) is 91.0 Å². The van der Waals surface area contributed by atoms with Gasteiger partial charge in [-0.25, -0.2) is 4.79 Å². The fourth-order valence-electron chi connectivity index (χ4n) is 5.85. The molecule has 0 fully saturated rings. The summed E-state index contributed by atoms with van der Waals surface area (Å²) in [4.78, 5) is 41.8. The summed E-state index contributed by atoms with van der Waals surface area (Å²) in [5.74, 6) is -0.432. The normalized spacial score (nSPS) is 14.5. The van der Waals surface area contributed by atoms with Crippen molar-refractivity contribution in [1.82, 2.24) is 0 Å². The van der Waals surface area contributed by atoms with Crippen molar-refractivity contribution in [3.8, 4) is 0 Å². The van der Waals surface area contributed by atoms with Gasteiger partial charge in [0.15, 0.2) is 0 Å². The van der Waals surface area contributed by atoms with Gasteiger partial charge in [0.2, 0.25) is 11.8 Å². The van der Waals surface area contributed by atoms with Crippen molar-refractivity contribution >= 4 is 51.6 Å². The minimum absolute atomic E-state index is 0.114. The number of carbonyl (C=O) groups is 3. The van der Waals surface area contributed by atoms with Crippen molar-refractivity contribution in [1.29, 1.82) is 0 Å². The minimum atomic E-state index is -0.613. The zero-order valence-electron chi connectivity index (χ0n) is 25.4. The third-order valence-electron chi connectivity index (χ3n) is 8.08. The van der Waals surface area contributed by atoms with Crippen molar-refractivity contribution in [3.05, 3.63) is 148 Å². The lowest BCUT2D eigenvalue weighted by molar-refractivity contribution is -0.116. The molecule has 1 aliphatic carbocycles. The first kappa shape index (κ1) is 31.3. The first-order chi connectivity index (χ1) is 22.5. The molecule has 8 heteroatoms. The second-order valence-corrected chi connectivity index (χ2v) is 13.5. The molecule has 2 unspecified atom stereocenters. The van der Waals surface area contributed by atoms with Crippen molar-refractivity contribution in [2.24, 2.45) is 0 Å². The minimum Gasteiger partial charge on any atom is -0.465 e. The number of carbonyl (C=O) groups excluding carboxylic acids is 3. The molecule has 0 saturated heterocycles. The Morgan fingerprint density at radius 1 is 0.870 bits per heavy atom. The van der Waals surface area contributed by atoms with Crippen molar-refractivity contribution in [2.45, 2.75) is 41.7 Å². The van der Waals surface area contributed by atoms with Crippen LogP contribution in [-0.4, -0.2) is 24.9 Å². The quantitative estimate of drug-likeness (QED) is 0.118. The predicted octanol–water partition coefficient (Wildman–Crippen LogP) is 8.46. The zero-order chi connectivity index (χ0) is 31.9. The second kappa shape index (κ2) is 14.6. The molecular formula is C38H34N2O4S2. The number of hydrogen-bond acceptors (Lipinski definition) is 6. The third kappa shape index (κ3) is 7.41. The Morgan fingerprint density at radius 2 is 1.57 bits per heavy atom. The van der Waals surface area contributed by atoms with E-state index < -0.39 is 11.2 Å². The van der Waals surface area contributed by atoms with Gasteiger partial charge in [0, 0.05) is 15.5 Å². The van der Waals surface area contributed by atoms with Gasteiger partial charge in [0.05, 0.1) is 19.1 Å². The van der Waals surface area contributed by atoms with Crippen LogP contribution in [0.5, 0.6) is 0 Å². The van der Waals surface area contributed by atoms with Gasteiger partial charge < -0.3 is 15.4 Å². The first-order valence-electron chi connectivity index (χ1n) is 15.2. The molecule has 1 aliphatic rings. The Hall–Kier alpha value is -4.66. The van der Waals surface area contributed by atoms with Crippen LogP contribution in [0.4, 0.5) is 10.7 Å². The number of anilines is 2. The summed E-state index contributed by atoms with van der Waals surface area (Å²) in [5.41, 5.74) is 5.14. The maximum Gasteiger partial charge on any atom is 0.341 e. The molecule has 1 aromatic heterocycles. The zero-order valence-corrected chi connectivity index (χ0v) is 27.0. The van der Waals surface area contributed by atoms with Gasteiger partial charge in [0.25, 0.3) is 0 Å². The fourth-order valence-corrected chi connectivity index (χ4v) is 8.25. The molecule has 46 heavy (non-hydrogen) atoms. The molecule has 6 rings (SSSR count). The SMILES string of the molecule is COC(=O)c1c(NC(=O)C(Sc2cccc(NC(=O)Cc3ccccc3)c2)c2ccccc2)sc2c1CCC(c1ccccc1)C2. The van der Waals surface area contributed by atoms with Gasteiger partial charge in [-0.1, -0.05) is 97.1 Å². The van der Waals surface area contributed by atoms with Crippen molar-refractivity contribution in [2.75, 3.05) is 17.7 Å². The van der Waals surface area contributed by atoms with Crippen LogP contribution in [0.25, 0.3) is 0 Å². The summed E-state index contributed by atoms with van der Waals surface area (Å²) in [6.45, 7) is 0. The number of fused-ring (bicyclic) bond motifs is 1. The standard InChI is InChI=1S/C38H34N2O4S2/c1-44-38(43)34-31-21-20-28(26-14-7-3-8-15-26)23-32(31)46-37(34)40-36(42)35(27-16-9-4-10-17-27)45-30-19-11-18-29(24-30)39-33(41)22-25-12-5-2-6-13-25/h2-19,24,28,35H,20-23H2,1H3,(H,39,41)(H,40,42). The highest BCUT2D eigenvalue weighted by atomic mass is 32.2. The van der Waals surface area contributed by atoms with E-state index in [1.54, 1.807) is 0 Å². The van der Waals surface area contributed by atoms with Gasteiger partial charge in [-0.3, -0.25) is 9.59 Å². The molecule has 2 atom stereocenters. The van der Waals surface area contributed by atoms with E-state index in [-0.39, 0.29) is 18.2 Å². The number of nitrogens with one attached hydrogen (secondary N) is 2. The predicted molar refractivity (Wildman–Crippen MR) is 186 cm³/mol. The summed E-state index contributed by atoms with van der Waals surface area (Å²) in [6, 6.07) is 37.1. The highest BCUT2D eigenvalue weighted by Crippen LogP contribution is 2.44. The van der Waals surface area contributed by atoms with Gasteiger partial charge in [-0.2, -0.15) is 0 Å². The smallest absolute Gasteiger partial charge is 0.341 e. The summed E-state index contributed by atoms with van der Waals surface area (Å²) in [7, 11) is 1.38. The molecule has 232 valence electrons. The van der Waals surface area contributed by atoms with Crippen molar-refractivity contribution in [3.63, 3.8) is 0 Å². The number of esters is 1. The molecule has 0 saturated carbocycles. The highest BCUT2D eigenvalue weighted by molar-refractivity contribution is 8.00. The number of amides is 2. The van der Waals surface area contributed by atoms with Gasteiger partial charge in [-0.15, -0.1) is 23.1 Å². The maximum absolute atomic E-state index is 14.1. The van der Waals surface area contributed by atoms with E-state index in [2.05, 4.69) is 34.9 Å². The molecule has 4 aromatic carbocycles. The van der Waals surface area contributed by atoms with Crippen LogP contribution in [0.3, 0.4) is 0 Å². The highest BCUT2D eigenvalue weighted by Gasteiger charge is 2.32. The number of ether oxygens (including phenoxy) is 1. The largest absolute Gasteiger partial charge is 0.465 e. The van der Waals surface area contributed by atoms with Crippen molar-refractivity contribution < 1.29 is 19.1 Å². The van der Waals surface area contributed by atoms with Crippen LogP contribution in [0.2, 0.25) is 0 Å². The number of methoxy groups -OCH3 is 1. The van der Waals surface area contributed by atoms with E-state index in [9.17, 15) is 14.4 Å². The lowest BCUT2D eigenvalue weighted by Crippen LogP contribution is -2.20. The molecule has 2 N–H and O–H groups in total. The summed E-state index contributed by atoms with van der Waals surface area (Å²) in [5, 5.41) is 6.01. The van der Waals surface area contributed by atoms with Gasteiger partial charge >= 0.3 is 5.97 Å². The van der Waals surface area contributed by atoms with Crippen LogP contribution in [0, 0.1) is 0 Å². The monoisotopic (exact) mass is 646 g/mol. The lowest BCUT2D eigenvalue weighted by Gasteiger charge is -2.22. The molecule has 1 heterocycles. The Morgan fingerprint density at radius 3 is 2.28 bits per heavy atom. The maximum atomic E-state index is 14.1. The third-order valence-corrected chi connectivity index (χ3v) is 10.5. The van der Waals surface area contributed by atoms with E-state index in [0.29, 0.717) is 22.2 Å². The molecule has 5 aromatic rings. The number of rotatable bonds is 10. The number of thioether (sulfide) groups is 1. The molecule has 0 bridgehead atoms. The van der Waals surface area contributed by atoms with Crippen LogP contribution >= 0.6 is 23.1 Å². The van der Waals surface area contributed by atoms with E-state index in [1.165, 1.54) is 35.8 Å². The average Bonchev–Trinajstić information content (AvgIpc) is 3.45. The van der Waals surface area contributed by atoms with Crippen LogP contribution in [0.1, 0.15) is 55.1 Å². The van der Waals surface area contributed by atoms with Gasteiger partial charge in [-0.05, 0) is 65.6 Å². The molecule has 0 radical (unpaired) electrons. The summed E-state index contributed by atoms with van der Waals surface area (Å²) < 4.78 is 5.19. The fraction of sp³-hybridized carbons (Fsp3) is 0.184. The lowest BCUT2D eigenvalue weighted by atomic mass is 9.83. The summed E-state index contributed by atoms with van der Waals surface area (Å²) in [6.07, 6.45) is 2.74. The first-order valence-corrected chi connectivity index (χ1v) is 16.9.